The summed E-state index contributed by atoms with van der Waals surface area (Å²) >= 11 is 0. The van der Waals surface area contributed by atoms with Crippen LogP contribution in [0.15, 0.2) is 0 Å². The van der Waals surface area contributed by atoms with Crippen LogP contribution in [0.3, 0.4) is 0 Å². The van der Waals surface area contributed by atoms with Crippen molar-refractivity contribution in [2.24, 2.45) is 5.73 Å². The van der Waals surface area contributed by atoms with E-state index in [2.05, 4.69) is 20.8 Å². The number of nitrogens with two attached hydrogens (primary N) is 1. The first kappa shape index (κ1) is 12.9. The lowest BCUT2D eigenvalue weighted by Crippen LogP contribution is -2.58. The van der Waals surface area contributed by atoms with E-state index >= 15 is 0 Å². The Morgan fingerprint density at radius 1 is 1.33 bits per heavy atom. The summed E-state index contributed by atoms with van der Waals surface area (Å²) in [6.07, 6.45) is 4.97. The zero-order valence-electron chi connectivity index (χ0n) is 10.2. The molecule has 0 bridgehead atoms. The molecule has 1 aliphatic carbocycles. The van der Waals surface area contributed by atoms with E-state index in [9.17, 15) is 0 Å². The van der Waals surface area contributed by atoms with Crippen molar-refractivity contribution in [3.8, 4) is 0 Å². The van der Waals surface area contributed by atoms with Crippen LogP contribution < -0.4 is 5.73 Å². The summed E-state index contributed by atoms with van der Waals surface area (Å²) < 4.78 is 11.6. The normalized spacial score (nSPS) is 32.4. The van der Waals surface area contributed by atoms with E-state index in [-0.39, 0.29) is 18.2 Å². The summed E-state index contributed by atoms with van der Waals surface area (Å²) in [6, 6.07) is 0.176. The van der Waals surface area contributed by atoms with Crippen molar-refractivity contribution < 1.29 is 9.47 Å². The van der Waals surface area contributed by atoms with Crippen molar-refractivity contribution in [2.75, 3.05) is 6.61 Å². The van der Waals surface area contributed by atoms with Gasteiger partial charge in [0.05, 0.1) is 18.3 Å². The van der Waals surface area contributed by atoms with Gasteiger partial charge in [0.15, 0.2) is 0 Å². The van der Waals surface area contributed by atoms with Crippen LogP contribution in [0.25, 0.3) is 0 Å². The monoisotopic (exact) mass is 215 g/mol. The topological polar surface area (TPSA) is 44.5 Å². The highest BCUT2D eigenvalue weighted by molar-refractivity contribution is 4.95. The van der Waals surface area contributed by atoms with Gasteiger partial charge in [0.2, 0.25) is 0 Å². The summed E-state index contributed by atoms with van der Waals surface area (Å²) in [5.41, 5.74) is 5.90. The zero-order chi connectivity index (χ0) is 11.3. The largest absolute Gasteiger partial charge is 0.374 e. The lowest BCUT2D eigenvalue weighted by Gasteiger charge is -2.43. The standard InChI is InChI=1S/C12H25NO2/c1-4-6-9(3)15-11-8-10(13)12(11)14-7-5-2/h9-12H,4-8,13H2,1-3H3. The Labute approximate surface area is 93.3 Å². The van der Waals surface area contributed by atoms with Gasteiger partial charge in [0.25, 0.3) is 0 Å². The molecule has 4 atom stereocenters. The third kappa shape index (κ3) is 3.74. The second kappa shape index (κ2) is 6.46. The summed E-state index contributed by atoms with van der Waals surface area (Å²) in [5, 5.41) is 0. The molecule has 1 aliphatic rings. The average molecular weight is 215 g/mol. The molecule has 3 heteroatoms. The minimum absolute atomic E-state index is 0.129. The molecule has 0 heterocycles. The summed E-state index contributed by atoms with van der Waals surface area (Å²) in [6.45, 7) is 7.21. The maximum Gasteiger partial charge on any atom is 0.0988 e. The highest BCUT2D eigenvalue weighted by atomic mass is 16.6. The summed E-state index contributed by atoms with van der Waals surface area (Å²) in [7, 11) is 0. The Morgan fingerprint density at radius 2 is 2.07 bits per heavy atom. The molecule has 0 aromatic heterocycles. The van der Waals surface area contributed by atoms with Crippen LogP contribution in [0.5, 0.6) is 0 Å². The molecule has 2 N–H and O–H groups in total. The second-order valence-corrected chi connectivity index (χ2v) is 4.51. The van der Waals surface area contributed by atoms with Crippen molar-refractivity contribution in [3.05, 3.63) is 0 Å². The lowest BCUT2D eigenvalue weighted by molar-refractivity contribution is -0.159. The van der Waals surface area contributed by atoms with Crippen LogP contribution in [-0.2, 0) is 9.47 Å². The number of hydrogen-bond donors (Lipinski definition) is 1. The molecule has 0 spiro atoms. The van der Waals surface area contributed by atoms with E-state index in [4.69, 9.17) is 15.2 Å². The fourth-order valence-corrected chi connectivity index (χ4v) is 2.01. The molecule has 0 aliphatic heterocycles. The third-order valence-corrected chi connectivity index (χ3v) is 2.91. The quantitative estimate of drug-likeness (QED) is 0.707. The molecule has 1 rings (SSSR count). The van der Waals surface area contributed by atoms with Gasteiger partial charge >= 0.3 is 0 Å². The van der Waals surface area contributed by atoms with Gasteiger partial charge in [-0.3, -0.25) is 0 Å². The zero-order valence-corrected chi connectivity index (χ0v) is 10.2. The Morgan fingerprint density at radius 3 is 2.60 bits per heavy atom. The maximum absolute atomic E-state index is 5.90. The molecule has 0 radical (unpaired) electrons. The van der Waals surface area contributed by atoms with Gasteiger partial charge < -0.3 is 15.2 Å². The first-order valence-electron chi connectivity index (χ1n) is 6.21. The Balaban J connectivity index is 2.23. The number of ether oxygens (including phenoxy) is 2. The minimum atomic E-state index is 0.129. The van der Waals surface area contributed by atoms with Crippen LogP contribution in [0.4, 0.5) is 0 Å². The van der Waals surface area contributed by atoms with Gasteiger partial charge in [-0.25, -0.2) is 0 Å². The molecule has 15 heavy (non-hydrogen) atoms. The van der Waals surface area contributed by atoms with Crippen LogP contribution in [-0.4, -0.2) is 31.0 Å². The van der Waals surface area contributed by atoms with Crippen LogP contribution in [0, 0.1) is 0 Å². The fourth-order valence-electron chi connectivity index (χ4n) is 2.01. The maximum atomic E-state index is 5.90. The van der Waals surface area contributed by atoms with Crippen LogP contribution >= 0.6 is 0 Å². The van der Waals surface area contributed by atoms with Crippen molar-refractivity contribution in [2.45, 2.75) is 70.8 Å². The van der Waals surface area contributed by atoms with Gasteiger partial charge in [-0.1, -0.05) is 20.3 Å². The Bertz CT molecular complexity index is 175. The predicted octanol–water partition coefficient (Wildman–Crippen LogP) is 2.09. The van der Waals surface area contributed by atoms with Crippen molar-refractivity contribution >= 4 is 0 Å². The Hall–Kier alpha value is -0.120. The number of rotatable bonds is 7. The van der Waals surface area contributed by atoms with Crippen LogP contribution in [0.1, 0.15) is 46.5 Å². The number of hydrogen-bond acceptors (Lipinski definition) is 3. The van der Waals surface area contributed by atoms with Crippen molar-refractivity contribution in [1.82, 2.24) is 0 Å². The smallest absolute Gasteiger partial charge is 0.0988 e. The second-order valence-electron chi connectivity index (χ2n) is 4.51. The lowest BCUT2D eigenvalue weighted by atomic mass is 9.86. The Kier molecular flexibility index (Phi) is 5.58. The highest BCUT2D eigenvalue weighted by Gasteiger charge is 2.41. The van der Waals surface area contributed by atoms with E-state index in [1.807, 2.05) is 0 Å². The summed E-state index contributed by atoms with van der Waals surface area (Å²) in [5.74, 6) is 0. The van der Waals surface area contributed by atoms with Gasteiger partial charge in [-0.15, -0.1) is 0 Å². The molecule has 0 aromatic rings. The van der Waals surface area contributed by atoms with Gasteiger partial charge in [-0.2, -0.15) is 0 Å². The first-order chi connectivity index (χ1) is 7.19. The van der Waals surface area contributed by atoms with Gasteiger partial charge in [0.1, 0.15) is 0 Å². The molecule has 0 saturated heterocycles. The van der Waals surface area contributed by atoms with E-state index in [0.29, 0.717) is 6.10 Å². The van der Waals surface area contributed by atoms with E-state index in [0.717, 1.165) is 25.9 Å². The van der Waals surface area contributed by atoms with Crippen LogP contribution in [0.2, 0.25) is 0 Å². The third-order valence-electron chi connectivity index (χ3n) is 2.91. The first-order valence-corrected chi connectivity index (χ1v) is 6.21. The average Bonchev–Trinajstić information content (AvgIpc) is 2.18. The van der Waals surface area contributed by atoms with Crippen molar-refractivity contribution in [1.29, 1.82) is 0 Å². The molecule has 1 saturated carbocycles. The molecular weight excluding hydrogens is 190 g/mol. The fraction of sp³-hybridized carbons (Fsp3) is 1.00. The van der Waals surface area contributed by atoms with E-state index < -0.39 is 0 Å². The predicted molar refractivity (Wildman–Crippen MR) is 61.9 cm³/mol. The molecular formula is C12H25NO2. The molecule has 0 aromatic carbocycles. The SMILES string of the molecule is CCCOC1C(N)CC1OC(C)CCC. The van der Waals surface area contributed by atoms with E-state index in [1.165, 1.54) is 6.42 Å². The summed E-state index contributed by atoms with van der Waals surface area (Å²) in [4.78, 5) is 0. The molecule has 3 nitrogen and oxygen atoms in total. The molecule has 1 fully saturated rings. The van der Waals surface area contributed by atoms with Gasteiger partial charge in [-0.05, 0) is 26.2 Å². The highest BCUT2D eigenvalue weighted by Crippen LogP contribution is 2.27. The minimum Gasteiger partial charge on any atom is -0.374 e. The van der Waals surface area contributed by atoms with Crippen molar-refractivity contribution in [3.63, 3.8) is 0 Å². The molecule has 4 unspecified atom stereocenters. The molecule has 0 amide bonds. The van der Waals surface area contributed by atoms with Gasteiger partial charge in [0, 0.05) is 12.6 Å². The van der Waals surface area contributed by atoms with E-state index in [1.54, 1.807) is 0 Å². The molecule has 90 valence electrons.